The highest BCUT2D eigenvalue weighted by atomic mass is 19.4. The molecule has 0 aliphatic carbocycles. The second-order valence-electron chi connectivity index (χ2n) is 3.62. The minimum atomic E-state index is -4.61. The van der Waals surface area contributed by atoms with E-state index in [9.17, 15) is 28.5 Å². The van der Waals surface area contributed by atoms with Gasteiger partial charge in [-0.2, -0.15) is 13.2 Å². The summed E-state index contributed by atoms with van der Waals surface area (Å²) in [7, 11) is 0. The minimum Gasteiger partial charge on any atom is -0.394 e. The molecule has 0 radical (unpaired) electrons. The normalized spacial score (nSPS) is 39.4. The van der Waals surface area contributed by atoms with Crippen molar-refractivity contribution < 1.29 is 43.1 Å². The van der Waals surface area contributed by atoms with Crippen LogP contribution in [-0.4, -0.2) is 70.5 Å². The van der Waals surface area contributed by atoms with Crippen LogP contribution in [0.1, 0.15) is 0 Å². The second-order valence-corrected chi connectivity index (χ2v) is 3.62. The molecule has 0 aromatic heterocycles. The van der Waals surface area contributed by atoms with Gasteiger partial charge in [0.15, 0.2) is 6.29 Å². The molecular formula is C8H13F3O6. The molecule has 102 valence electrons. The first-order chi connectivity index (χ1) is 7.76. The molecule has 1 saturated heterocycles. The number of hydrogen-bond acceptors (Lipinski definition) is 6. The van der Waals surface area contributed by atoms with Crippen LogP contribution < -0.4 is 0 Å². The Balaban J connectivity index is 2.59. The van der Waals surface area contributed by atoms with E-state index in [1.807, 2.05) is 0 Å². The van der Waals surface area contributed by atoms with Gasteiger partial charge in [0.05, 0.1) is 6.61 Å². The van der Waals surface area contributed by atoms with Crippen LogP contribution in [0.15, 0.2) is 0 Å². The van der Waals surface area contributed by atoms with Crippen LogP contribution in [0, 0.1) is 0 Å². The average molecular weight is 262 g/mol. The van der Waals surface area contributed by atoms with Gasteiger partial charge in [-0.15, -0.1) is 0 Å². The van der Waals surface area contributed by atoms with Crippen LogP contribution in [0.4, 0.5) is 13.2 Å². The highest BCUT2D eigenvalue weighted by Gasteiger charge is 2.45. The molecule has 0 spiro atoms. The third kappa shape index (κ3) is 3.76. The Hall–Kier alpha value is -0.450. The number of aliphatic hydroxyl groups is 4. The Bertz CT molecular complexity index is 246. The number of ether oxygens (including phenoxy) is 2. The van der Waals surface area contributed by atoms with Gasteiger partial charge in [-0.25, -0.2) is 0 Å². The van der Waals surface area contributed by atoms with Gasteiger partial charge in [0.2, 0.25) is 0 Å². The number of halogens is 3. The van der Waals surface area contributed by atoms with Gasteiger partial charge >= 0.3 is 6.18 Å². The molecule has 4 N–H and O–H groups in total. The Labute approximate surface area is 94.2 Å². The molecule has 0 saturated carbocycles. The van der Waals surface area contributed by atoms with Crippen molar-refractivity contribution in [1.29, 1.82) is 0 Å². The minimum absolute atomic E-state index is 0.725. The molecule has 17 heavy (non-hydrogen) atoms. The summed E-state index contributed by atoms with van der Waals surface area (Å²) >= 11 is 0. The van der Waals surface area contributed by atoms with Crippen molar-refractivity contribution in [2.24, 2.45) is 0 Å². The summed E-state index contributed by atoms with van der Waals surface area (Å²) in [6, 6.07) is 0. The van der Waals surface area contributed by atoms with E-state index in [4.69, 9.17) is 9.84 Å². The van der Waals surface area contributed by atoms with Gasteiger partial charge in [0.1, 0.15) is 31.0 Å². The van der Waals surface area contributed by atoms with Gasteiger partial charge in [0.25, 0.3) is 0 Å². The molecule has 1 fully saturated rings. The number of hydrogen-bond donors (Lipinski definition) is 4. The van der Waals surface area contributed by atoms with E-state index in [0.717, 1.165) is 0 Å². The van der Waals surface area contributed by atoms with E-state index in [1.54, 1.807) is 0 Å². The molecule has 0 amide bonds. The Kier molecular flexibility index (Phi) is 4.69. The zero-order valence-electron chi connectivity index (χ0n) is 8.54. The molecule has 6 nitrogen and oxygen atoms in total. The van der Waals surface area contributed by atoms with Gasteiger partial charge in [0, 0.05) is 0 Å². The monoisotopic (exact) mass is 262 g/mol. The third-order valence-electron chi connectivity index (χ3n) is 2.26. The van der Waals surface area contributed by atoms with Crippen molar-refractivity contribution in [1.82, 2.24) is 0 Å². The van der Waals surface area contributed by atoms with Gasteiger partial charge in [-0.05, 0) is 0 Å². The standard InChI is InChI=1S/C8H13F3O6/c9-8(10,11)2-16-7-6(15)5(14)4(13)3(1-12)17-7/h3-7,12-15H,1-2H2/t3-,4+,5+,6-,7-/m1/s1. The quantitative estimate of drug-likeness (QED) is 0.487. The van der Waals surface area contributed by atoms with Crippen LogP contribution in [0.25, 0.3) is 0 Å². The first kappa shape index (κ1) is 14.6. The summed E-state index contributed by atoms with van der Waals surface area (Å²) in [4.78, 5) is 0. The summed E-state index contributed by atoms with van der Waals surface area (Å²) in [5.41, 5.74) is 0. The molecule has 1 heterocycles. The lowest BCUT2D eigenvalue weighted by Crippen LogP contribution is -2.59. The summed E-state index contributed by atoms with van der Waals surface area (Å²) in [6.07, 6.45) is -12.9. The molecule has 1 aliphatic heterocycles. The van der Waals surface area contributed by atoms with Crippen LogP contribution in [0.5, 0.6) is 0 Å². The first-order valence-electron chi connectivity index (χ1n) is 4.75. The molecule has 0 aromatic rings. The predicted octanol–water partition coefficient (Wildman–Crippen LogP) is -1.63. The molecule has 1 rings (SSSR count). The Morgan fingerprint density at radius 3 is 2.12 bits per heavy atom. The van der Waals surface area contributed by atoms with Crippen molar-refractivity contribution >= 4 is 0 Å². The summed E-state index contributed by atoms with van der Waals surface area (Å²) in [5.74, 6) is 0. The van der Waals surface area contributed by atoms with Crippen molar-refractivity contribution in [2.75, 3.05) is 13.2 Å². The lowest BCUT2D eigenvalue weighted by Gasteiger charge is -2.39. The van der Waals surface area contributed by atoms with Crippen molar-refractivity contribution in [3.05, 3.63) is 0 Å². The average Bonchev–Trinajstić information content (AvgIpc) is 2.24. The molecule has 9 heteroatoms. The van der Waals surface area contributed by atoms with E-state index in [-0.39, 0.29) is 0 Å². The van der Waals surface area contributed by atoms with Crippen molar-refractivity contribution in [3.63, 3.8) is 0 Å². The maximum Gasteiger partial charge on any atom is 0.411 e. The van der Waals surface area contributed by atoms with Gasteiger partial charge < -0.3 is 29.9 Å². The second kappa shape index (κ2) is 5.46. The summed E-state index contributed by atoms with van der Waals surface area (Å²) < 4.78 is 44.5. The molecular weight excluding hydrogens is 249 g/mol. The predicted molar refractivity (Wildman–Crippen MR) is 45.8 cm³/mol. The van der Waals surface area contributed by atoms with E-state index in [0.29, 0.717) is 0 Å². The molecule has 0 bridgehead atoms. The highest BCUT2D eigenvalue weighted by Crippen LogP contribution is 2.24. The summed E-state index contributed by atoms with van der Waals surface area (Å²) in [5, 5.41) is 36.6. The largest absolute Gasteiger partial charge is 0.411 e. The summed E-state index contributed by atoms with van der Waals surface area (Å²) in [6.45, 7) is -2.40. The van der Waals surface area contributed by atoms with E-state index in [1.165, 1.54) is 0 Å². The van der Waals surface area contributed by atoms with E-state index >= 15 is 0 Å². The van der Waals surface area contributed by atoms with Crippen LogP contribution in [0.2, 0.25) is 0 Å². The third-order valence-corrected chi connectivity index (χ3v) is 2.26. The van der Waals surface area contributed by atoms with E-state index < -0.39 is 50.1 Å². The number of rotatable bonds is 3. The van der Waals surface area contributed by atoms with Gasteiger partial charge in [-0.1, -0.05) is 0 Å². The van der Waals surface area contributed by atoms with Crippen LogP contribution in [0.3, 0.4) is 0 Å². The fourth-order valence-corrected chi connectivity index (χ4v) is 1.38. The topological polar surface area (TPSA) is 99.4 Å². The SMILES string of the molecule is OC[C@H]1O[C@@H](OCC(F)(F)F)[C@H](O)[C@@H](O)[C@H]1O. The zero-order chi connectivity index (χ0) is 13.2. The highest BCUT2D eigenvalue weighted by molar-refractivity contribution is 4.88. The maximum atomic E-state index is 11.9. The lowest BCUT2D eigenvalue weighted by molar-refractivity contribution is -0.319. The zero-order valence-corrected chi connectivity index (χ0v) is 8.54. The van der Waals surface area contributed by atoms with Crippen molar-refractivity contribution in [3.8, 4) is 0 Å². The molecule has 5 atom stereocenters. The van der Waals surface area contributed by atoms with Crippen LogP contribution in [-0.2, 0) is 9.47 Å². The fraction of sp³-hybridized carbons (Fsp3) is 1.00. The molecule has 0 unspecified atom stereocenters. The first-order valence-corrected chi connectivity index (χ1v) is 4.75. The number of alkyl halides is 3. The lowest BCUT2D eigenvalue weighted by atomic mass is 9.99. The molecule has 1 aliphatic rings. The smallest absolute Gasteiger partial charge is 0.394 e. The Morgan fingerprint density at radius 2 is 1.65 bits per heavy atom. The van der Waals surface area contributed by atoms with E-state index in [2.05, 4.69) is 4.74 Å². The van der Waals surface area contributed by atoms with Crippen molar-refractivity contribution in [2.45, 2.75) is 36.9 Å². The number of aliphatic hydroxyl groups excluding tert-OH is 4. The van der Waals surface area contributed by atoms with Crippen LogP contribution >= 0.6 is 0 Å². The van der Waals surface area contributed by atoms with Gasteiger partial charge in [-0.3, -0.25) is 0 Å². The fourth-order valence-electron chi connectivity index (χ4n) is 1.38. The molecule has 0 aromatic carbocycles. The maximum absolute atomic E-state index is 11.9. The Morgan fingerprint density at radius 1 is 1.06 bits per heavy atom.